The molecule has 0 aromatic heterocycles. The monoisotopic (exact) mass is 448 g/mol. The van der Waals surface area contributed by atoms with Crippen LogP contribution < -0.4 is 14.9 Å². The van der Waals surface area contributed by atoms with Gasteiger partial charge in [-0.3, -0.25) is 4.79 Å². The molecule has 0 bridgehead atoms. The minimum Gasteiger partial charge on any atom is -0.493 e. The van der Waals surface area contributed by atoms with Crippen molar-refractivity contribution in [2.24, 2.45) is 5.10 Å². The molecule has 25 heavy (non-hydrogen) atoms. The van der Waals surface area contributed by atoms with Gasteiger partial charge in [0.05, 0.1) is 16.9 Å². The van der Waals surface area contributed by atoms with Crippen LogP contribution in [0.4, 0.5) is 0 Å². The lowest BCUT2D eigenvalue weighted by molar-refractivity contribution is 0.0954. The van der Waals surface area contributed by atoms with Gasteiger partial charge in [-0.15, -0.1) is 6.42 Å². The molecule has 0 aliphatic heterocycles. The van der Waals surface area contributed by atoms with Crippen LogP contribution in [0, 0.1) is 22.8 Å². The number of ether oxygens (including phenoxy) is 2. The lowest BCUT2D eigenvalue weighted by Gasteiger charge is -2.11. The first kappa shape index (κ1) is 18.8. The first-order valence-electron chi connectivity index (χ1n) is 7.39. The number of carbonyl (C=O) groups is 1. The van der Waals surface area contributed by atoms with E-state index >= 15 is 0 Å². The van der Waals surface area contributed by atoms with Gasteiger partial charge >= 0.3 is 0 Å². The van der Waals surface area contributed by atoms with Gasteiger partial charge in [-0.1, -0.05) is 24.1 Å². The second-order valence-corrected chi connectivity index (χ2v) is 6.20. The summed E-state index contributed by atoms with van der Waals surface area (Å²) in [5.41, 5.74) is 4.76. The van der Waals surface area contributed by atoms with Crippen molar-refractivity contribution in [1.82, 2.24) is 5.43 Å². The van der Waals surface area contributed by atoms with E-state index in [4.69, 9.17) is 15.9 Å². The van der Waals surface area contributed by atoms with Gasteiger partial charge in [0.1, 0.15) is 6.61 Å². The molecule has 2 aromatic rings. The van der Waals surface area contributed by atoms with E-state index in [9.17, 15) is 4.79 Å². The van der Waals surface area contributed by atoms with Crippen molar-refractivity contribution < 1.29 is 14.3 Å². The van der Waals surface area contributed by atoms with Gasteiger partial charge in [-0.05, 0) is 58.8 Å². The number of hydrogen-bond acceptors (Lipinski definition) is 4. The summed E-state index contributed by atoms with van der Waals surface area (Å²) < 4.78 is 11.7. The Bertz CT molecular complexity index is 841. The molecule has 5 nitrogen and oxygen atoms in total. The van der Waals surface area contributed by atoms with Crippen LogP contribution in [0.3, 0.4) is 0 Å². The van der Waals surface area contributed by atoms with E-state index in [1.807, 2.05) is 31.2 Å². The lowest BCUT2D eigenvalue weighted by Crippen LogP contribution is -2.18. The summed E-state index contributed by atoms with van der Waals surface area (Å²) >= 11 is 2.13. The fourth-order valence-corrected chi connectivity index (χ4v) is 2.90. The molecule has 6 heteroatoms. The molecule has 0 saturated carbocycles. The van der Waals surface area contributed by atoms with E-state index in [0.29, 0.717) is 17.1 Å². The largest absolute Gasteiger partial charge is 0.493 e. The molecule has 0 radical (unpaired) electrons. The average molecular weight is 448 g/mol. The Morgan fingerprint density at radius 1 is 1.40 bits per heavy atom. The van der Waals surface area contributed by atoms with E-state index < -0.39 is 0 Å². The molecule has 0 aliphatic carbocycles. The molecule has 0 saturated heterocycles. The maximum absolute atomic E-state index is 12.1. The Kier molecular flexibility index (Phi) is 6.83. The molecule has 0 unspecified atom stereocenters. The standard InChI is InChI=1S/C19H17IN2O3/c1-4-9-25-18-16(20)10-14(11-17(18)24-3)12-21-22-19(23)15-8-6-5-7-13(15)2/h1,5-8,10-12H,9H2,2-3H3,(H,22,23)/b21-12+. The highest BCUT2D eigenvalue weighted by Gasteiger charge is 2.11. The molecule has 0 atom stereocenters. The van der Waals surface area contributed by atoms with Gasteiger partial charge in [0.15, 0.2) is 11.5 Å². The molecule has 2 rings (SSSR count). The summed E-state index contributed by atoms with van der Waals surface area (Å²) in [6.07, 6.45) is 6.77. The van der Waals surface area contributed by atoms with E-state index in [-0.39, 0.29) is 12.5 Å². The third-order valence-electron chi connectivity index (χ3n) is 3.32. The molecule has 1 amide bonds. The first-order chi connectivity index (χ1) is 12.1. The van der Waals surface area contributed by atoms with Gasteiger partial charge in [0.2, 0.25) is 0 Å². The lowest BCUT2D eigenvalue weighted by atomic mass is 10.1. The minimum atomic E-state index is -0.259. The predicted octanol–water partition coefficient (Wildman–Crippen LogP) is 3.38. The highest BCUT2D eigenvalue weighted by atomic mass is 127. The van der Waals surface area contributed by atoms with Crippen molar-refractivity contribution in [3.8, 4) is 23.8 Å². The number of nitrogens with zero attached hydrogens (tertiary/aromatic N) is 1. The Morgan fingerprint density at radius 2 is 2.16 bits per heavy atom. The third-order valence-corrected chi connectivity index (χ3v) is 4.12. The molecule has 0 aliphatic rings. The van der Waals surface area contributed by atoms with Crippen molar-refractivity contribution in [2.45, 2.75) is 6.92 Å². The van der Waals surface area contributed by atoms with Crippen molar-refractivity contribution in [3.05, 3.63) is 56.7 Å². The molecule has 0 heterocycles. The predicted molar refractivity (Wildman–Crippen MR) is 106 cm³/mol. The SMILES string of the molecule is C#CCOc1c(I)cc(/C=N/NC(=O)c2ccccc2C)cc1OC. The summed E-state index contributed by atoms with van der Waals surface area (Å²) in [7, 11) is 1.55. The second-order valence-electron chi connectivity index (χ2n) is 5.04. The van der Waals surface area contributed by atoms with Crippen LogP contribution in [0.5, 0.6) is 11.5 Å². The van der Waals surface area contributed by atoms with Gasteiger partial charge in [-0.2, -0.15) is 5.10 Å². The smallest absolute Gasteiger partial charge is 0.271 e. The topological polar surface area (TPSA) is 59.9 Å². The maximum atomic E-state index is 12.1. The Balaban J connectivity index is 2.13. The summed E-state index contributed by atoms with van der Waals surface area (Å²) in [5, 5.41) is 4.01. The van der Waals surface area contributed by atoms with Crippen LogP contribution in [0.2, 0.25) is 0 Å². The highest BCUT2D eigenvalue weighted by Crippen LogP contribution is 2.33. The van der Waals surface area contributed by atoms with Crippen LogP contribution >= 0.6 is 22.6 Å². The van der Waals surface area contributed by atoms with Crippen molar-refractivity contribution in [2.75, 3.05) is 13.7 Å². The summed E-state index contributed by atoms with van der Waals surface area (Å²) in [6.45, 7) is 2.03. The molecule has 128 valence electrons. The van der Waals surface area contributed by atoms with Crippen LogP contribution in [0.15, 0.2) is 41.5 Å². The van der Waals surface area contributed by atoms with Crippen molar-refractivity contribution in [1.29, 1.82) is 0 Å². The van der Waals surface area contributed by atoms with E-state index in [1.165, 1.54) is 0 Å². The van der Waals surface area contributed by atoms with E-state index in [1.54, 1.807) is 25.5 Å². The number of nitrogens with one attached hydrogen (secondary N) is 1. The van der Waals surface area contributed by atoms with Gasteiger partial charge in [0, 0.05) is 5.56 Å². The van der Waals surface area contributed by atoms with Gasteiger partial charge in [-0.25, -0.2) is 5.43 Å². The van der Waals surface area contributed by atoms with Crippen molar-refractivity contribution in [3.63, 3.8) is 0 Å². The zero-order valence-corrected chi connectivity index (χ0v) is 16.0. The fourth-order valence-electron chi connectivity index (χ4n) is 2.12. The number of hydrogen-bond donors (Lipinski definition) is 1. The van der Waals surface area contributed by atoms with Crippen LogP contribution in [0.25, 0.3) is 0 Å². The molecule has 0 spiro atoms. The molecule has 0 fully saturated rings. The number of halogens is 1. The normalized spacial score (nSPS) is 10.3. The van der Waals surface area contributed by atoms with Crippen LogP contribution in [0.1, 0.15) is 21.5 Å². The summed E-state index contributed by atoms with van der Waals surface area (Å²) in [6, 6.07) is 10.9. The molecular weight excluding hydrogens is 431 g/mol. The number of terminal acetylenes is 1. The second kappa shape index (κ2) is 9.08. The first-order valence-corrected chi connectivity index (χ1v) is 8.47. The van der Waals surface area contributed by atoms with Gasteiger partial charge in [0.25, 0.3) is 5.91 Å². The maximum Gasteiger partial charge on any atom is 0.271 e. The molecular formula is C19H17IN2O3. The molecule has 2 aromatic carbocycles. The number of hydrazone groups is 1. The number of carbonyl (C=O) groups excluding carboxylic acids is 1. The summed E-state index contributed by atoms with van der Waals surface area (Å²) in [5.74, 6) is 3.30. The van der Waals surface area contributed by atoms with Crippen LogP contribution in [-0.2, 0) is 0 Å². The van der Waals surface area contributed by atoms with Crippen molar-refractivity contribution >= 4 is 34.7 Å². The third kappa shape index (κ3) is 4.97. The van der Waals surface area contributed by atoms with Gasteiger partial charge < -0.3 is 9.47 Å². The zero-order chi connectivity index (χ0) is 18.2. The fraction of sp³-hybridized carbons (Fsp3) is 0.158. The quantitative estimate of drug-likeness (QED) is 0.319. The minimum absolute atomic E-state index is 0.159. The summed E-state index contributed by atoms with van der Waals surface area (Å²) in [4.78, 5) is 12.1. The Morgan fingerprint density at radius 3 is 2.84 bits per heavy atom. The van der Waals surface area contributed by atoms with Crippen LogP contribution in [-0.4, -0.2) is 25.8 Å². The Hall–Kier alpha value is -2.53. The number of amides is 1. The number of benzene rings is 2. The van der Waals surface area contributed by atoms with E-state index in [2.05, 4.69) is 39.0 Å². The number of methoxy groups -OCH3 is 1. The Labute approximate surface area is 160 Å². The number of aryl methyl sites for hydroxylation is 1. The average Bonchev–Trinajstić information content (AvgIpc) is 2.60. The number of rotatable bonds is 6. The highest BCUT2D eigenvalue weighted by molar-refractivity contribution is 14.1. The van der Waals surface area contributed by atoms with E-state index in [0.717, 1.165) is 14.7 Å². The zero-order valence-electron chi connectivity index (χ0n) is 13.9. The molecule has 1 N–H and O–H groups in total.